The van der Waals surface area contributed by atoms with Crippen LogP contribution in [0.4, 0.5) is 5.95 Å². The van der Waals surface area contributed by atoms with E-state index in [-0.39, 0.29) is 24.6 Å². The van der Waals surface area contributed by atoms with Crippen molar-refractivity contribution < 1.29 is 22.6 Å². The third kappa shape index (κ3) is 5.61. The number of para-hydroxylation sites is 1. The second-order valence-corrected chi connectivity index (χ2v) is 9.69. The van der Waals surface area contributed by atoms with E-state index in [1.54, 1.807) is 18.2 Å². The van der Waals surface area contributed by atoms with Gasteiger partial charge in [-0.25, -0.2) is 18.4 Å². The zero-order valence-electron chi connectivity index (χ0n) is 19.5. The second kappa shape index (κ2) is 11.3. The number of methoxy groups -OCH3 is 3. The molecule has 3 aromatic rings. The number of nitrogens with zero attached hydrogens (tertiary/aromatic N) is 6. The third-order valence-corrected chi connectivity index (χ3v) is 7.00. The van der Waals surface area contributed by atoms with E-state index in [1.807, 2.05) is 0 Å². The molecule has 186 valence electrons. The molecule has 14 heteroatoms. The predicted molar refractivity (Wildman–Crippen MR) is 127 cm³/mol. The van der Waals surface area contributed by atoms with Crippen LogP contribution in [-0.2, 0) is 21.2 Å². The van der Waals surface area contributed by atoms with E-state index in [0.717, 1.165) is 0 Å². The number of hydrogen-bond donors (Lipinski definition) is 1. The summed E-state index contributed by atoms with van der Waals surface area (Å²) in [6.07, 6.45) is 2.06. The maximum atomic E-state index is 13.4. The first-order valence-electron chi connectivity index (χ1n) is 10.3. The molecule has 0 aliphatic heterocycles. The molecule has 0 fully saturated rings. The Balaban J connectivity index is 2.07. The van der Waals surface area contributed by atoms with E-state index in [1.165, 1.54) is 45.2 Å². The lowest BCUT2D eigenvalue weighted by Gasteiger charge is -2.22. The van der Waals surface area contributed by atoms with Gasteiger partial charge in [0.15, 0.2) is 5.82 Å². The van der Waals surface area contributed by atoms with Crippen LogP contribution in [0, 0.1) is 11.3 Å². The number of benzene rings is 1. The van der Waals surface area contributed by atoms with E-state index in [0.29, 0.717) is 28.0 Å². The van der Waals surface area contributed by atoms with Crippen molar-refractivity contribution in [2.24, 2.45) is 0 Å². The van der Waals surface area contributed by atoms with Gasteiger partial charge < -0.3 is 14.2 Å². The molecule has 0 spiro atoms. The van der Waals surface area contributed by atoms with Gasteiger partial charge in [-0.1, -0.05) is 17.7 Å². The largest absolute Gasteiger partial charge is 0.494 e. The average molecular weight is 522 g/mol. The van der Waals surface area contributed by atoms with Crippen LogP contribution in [0.1, 0.15) is 31.1 Å². The number of sulfonamides is 1. The third-order valence-electron chi connectivity index (χ3n) is 5.11. The molecule has 0 radical (unpaired) electrons. The summed E-state index contributed by atoms with van der Waals surface area (Å²) in [6, 6.07) is 7.15. The number of anilines is 1. The van der Waals surface area contributed by atoms with Gasteiger partial charge in [-0.3, -0.25) is 9.29 Å². The van der Waals surface area contributed by atoms with Crippen LogP contribution in [-0.4, -0.2) is 59.7 Å². The molecular weight excluding hydrogens is 498 g/mol. The Morgan fingerprint density at radius 1 is 1.14 bits per heavy atom. The Kier molecular flexibility index (Phi) is 8.44. The van der Waals surface area contributed by atoms with Gasteiger partial charge in [0.1, 0.15) is 34.4 Å². The van der Waals surface area contributed by atoms with Crippen molar-refractivity contribution in [3.05, 3.63) is 47.3 Å². The maximum absolute atomic E-state index is 13.4. The number of aromatic nitrogens is 5. The lowest BCUT2D eigenvalue weighted by Crippen LogP contribution is -2.33. The van der Waals surface area contributed by atoms with E-state index < -0.39 is 21.4 Å². The van der Waals surface area contributed by atoms with Crippen molar-refractivity contribution in [3.8, 4) is 23.3 Å². The number of nitrogens with one attached hydrogen (secondary N) is 1. The minimum atomic E-state index is -4.12. The zero-order chi connectivity index (χ0) is 25.6. The lowest BCUT2D eigenvalue weighted by molar-refractivity contribution is 0.0950. The fraction of sp³-hybridized carbons (Fsp3) is 0.381. The summed E-state index contributed by atoms with van der Waals surface area (Å²) in [7, 11) is 0.182. The van der Waals surface area contributed by atoms with Crippen molar-refractivity contribution in [3.63, 3.8) is 0 Å². The Labute approximate surface area is 207 Å². The number of halogens is 1. The van der Waals surface area contributed by atoms with Crippen LogP contribution in [0.3, 0.4) is 0 Å². The van der Waals surface area contributed by atoms with E-state index in [9.17, 15) is 8.42 Å². The van der Waals surface area contributed by atoms with Crippen LogP contribution in [0.2, 0.25) is 5.02 Å². The summed E-state index contributed by atoms with van der Waals surface area (Å²) in [5.41, 5.74) is 0.380. The van der Waals surface area contributed by atoms with Crippen molar-refractivity contribution in [1.82, 2.24) is 24.7 Å². The van der Waals surface area contributed by atoms with Crippen molar-refractivity contribution in [2.75, 3.05) is 26.1 Å². The fourth-order valence-corrected chi connectivity index (χ4v) is 4.59. The van der Waals surface area contributed by atoms with Gasteiger partial charge in [0.2, 0.25) is 16.0 Å². The molecule has 0 unspecified atom stereocenters. The highest BCUT2D eigenvalue weighted by Crippen LogP contribution is 2.36. The van der Waals surface area contributed by atoms with Crippen LogP contribution in [0.25, 0.3) is 5.69 Å². The van der Waals surface area contributed by atoms with Crippen LogP contribution >= 0.6 is 11.6 Å². The normalized spacial score (nSPS) is 13.0. The summed E-state index contributed by atoms with van der Waals surface area (Å²) in [4.78, 5) is 8.16. The summed E-state index contributed by atoms with van der Waals surface area (Å²) in [5.74, 6) is 1.15. The zero-order valence-corrected chi connectivity index (χ0v) is 21.0. The highest BCUT2D eigenvalue weighted by Gasteiger charge is 2.34. The summed E-state index contributed by atoms with van der Waals surface area (Å²) in [5, 5.41) is 16.4. The van der Waals surface area contributed by atoms with Crippen LogP contribution < -0.4 is 14.2 Å². The monoisotopic (exact) mass is 521 g/mol. The lowest BCUT2D eigenvalue weighted by atomic mass is 10.2. The standard InChI is InChI=1S/C21H24ClN7O5S/c1-13(19(34-4)20-24-11-14(22)12-25-20)35(30,31)28-21-27-26-17(9-6-10-23)29(21)18-15(32-2)7-5-8-16(18)33-3/h5,7-8,11-13,19H,6,9H2,1-4H3,(H,27,28)/t13-,19-/m0/s1. The topological polar surface area (TPSA) is 154 Å². The van der Waals surface area contributed by atoms with E-state index in [2.05, 4.69) is 31.0 Å². The number of rotatable bonds is 11. The van der Waals surface area contributed by atoms with Crippen molar-refractivity contribution >= 4 is 27.6 Å². The van der Waals surface area contributed by atoms with Gasteiger partial charge in [0.25, 0.3) is 0 Å². The number of aryl methyl sites for hydroxylation is 1. The molecule has 0 saturated heterocycles. The molecule has 0 bridgehead atoms. The number of hydrogen-bond acceptors (Lipinski definition) is 10. The van der Waals surface area contributed by atoms with Crippen LogP contribution in [0.15, 0.2) is 30.6 Å². The van der Waals surface area contributed by atoms with E-state index >= 15 is 0 Å². The molecule has 35 heavy (non-hydrogen) atoms. The summed E-state index contributed by atoms with van der Waals surface area (Å²) < 4.78 is 47.1. The van der Waals surface area contributed by atoms with Gasteiger partial charge in [-0.05, 0) is 19.1 Å². The highest BCUT2D eigenvalue weighted by atomic mass is 35.5. The first-order chi connectivity index (χ1) is 16.8. The molecule has 2 aromatic heterocycles. The van der Waals surface area contributed by atoms with Gasteiger partial charge in [-0.2, -0.15) is 5.26 Å². The quantitative estimate of drug-likeness (QED) is 0.398. The molecule has 2 heterocycles. The summed E-state index contributed by atoms with van der Waals surface area (Å²) >= 11 is 5.84. The predicted octanol–water partition coefficient (Wildman–Crippen LogP) is 2.70. The minimum Gasteiger partial charge on any atom is -0.494 e. The Morgan fingerprint density at radius 2 is 1.77 bits per heavy atom. The smallest absolute Gasteiger partial charge is 0.243 e. The van der Waals surface area contributed by atoms with Gasteiger partial charge >= 0.3 is 0 Å². The van der Waals surface area contributed by atoms with Crippen LogP contribution in [0.5, 0.6) is 11.5 Å². The van der Waals surface area contributed by atoms with Crippen molar-refractivity contribution in [1.29, 1.82) is 5.26 Å². The Morgan fingerprint density at radius 3 is 2.31 bits per heavy atom. The molecule has 3 rings (SSSR count). The van der Waals surface area contributed by atoms with E-state index in [4.69, 9.17) is 31.1 Å². The minimum absolute atomic E-state index is 0.112. The van der Waals surface area contributed by atoms with Gasteiger partial charge in [-0.15, -0.1) is 10.2 Å². The molecule has 0 aliphatic rings. The molecule has 2 atom stereocenters. The molecular formula is C21H24ClN7O5S. The highest BCUT2D eigenvalue weighted by molar-refractivity contribution is 7.93. The molecule has 0 aliphatic carbocycles. The molecule has 1 N–H and O–H groups in total. The molecule has 0 amide bonds. The van der Waals surface area contributed by atoms with Crippen molar-refractivity contribution in [2.45, 2.75) is 31.1 Å². The SMILES string of the molecule is COc1cccc(OC)c1-n1c(CCC#N)nnc1NS(=O)(=O)[C@@H](C)[C@H](OC)c1ncc(Cl)cn1. The number of nitriles is 1. The second-order valence-electron chi connectivity index (χ2n) is 7.21. The number of ether oxygens (including phenoxy) is 3. The Hall–Kier alpha value is -3.47. The fourth-order valence-electron chi connectivity index (χ4n) is 3.36. The Bertz CT molecular complexity index is 1290. The summed E-state index contributed by atoms with van der Waals surface area (Å²) in [6.45, 7) is 1.45. The molecule has 1 aromatic carbocycles. The average Bonchev–Trinajstić information content (AvgIpc) is 3.24. The first-order valence-corrected chi connectivity index (χ1v) is 12.2. The van der Waals surface area contributed by atoms with Gasteiger partial charge in [0.05, 0.1) is 25.3 Å². The molecule has 12 nitrogen and oxygen atoms in total. The first kappa shape index (κ1) is 26.1. The van der Waals surface area contributed by atoms with Gasteiger partial charge in [0, 0.05) is 32.3 Å². The maximum Gasteiger partial charge on any atom is 0.243 e. The molecule has 0 saturated carbocycles.